The quantitative estimate of drug-likeness (QED) is 0.694. The van der Waals surface area contributed by atoms with E-state index in [9.17, 15) is 4.79 Å². The van der Waals surface area contributed by atoms with E-state index in [0.717, 1.165) is 18.7 Å². The van der Waals surface area contributed by atoms with Gasteiger partial charge in [-0.05, 0) is 20.3 Å². The van der Waals surface area contributed by atoms with Crippen molar-refractivity contribution in [1.29, 1.82) is 0 Å². The zero-order valence-electron chi connectivity index (χ0n) is 10.6. The standard InChI is InChI=1S/C11H20N4O2/c1-4-5-9-13-10(15-14-9)11(16)12-6-7-17-8(2)3/h8H,4-7H2,1-3H3,(H,12,16)(H,13,14,15). The first-order valence-electron chi connectivity index (χ1n) is 5.94. The number of rotatable bonds is 7. The fourth-order valence-corrected chi connectivity index (χ4v) is 1.28. The fourth-order valence-electron chi connectivity index (χ4n) is 1.28. The molecule has 0 saturated carbocycles. The molecule has 2 N–H and O–H groups in total. The van der Waals surface area contributed by atoms with E-state index >= 15 is 0 Å². The molecule has 1 heterocycles. The third kappa shape index (κ3) is 4.95. The van der Waals surface area contributed by atoms with Crippen molar-refractivity contribution >= 4 is 5.91 Å². The summed E-state index contributed by atoms with van der Waals surface area (Å²) in [5.74, 6) is 0.671. The second-order valence-electron chi connectivity index (χ2n) is 4.03. The summed E-state index contributed by atoms with van der Waals surface area (Å²) in [7, 11) is 0. The zero-order valence-corrected chi connectivity index (χ0v) is 10.6. The highest BCUT2D eigenvalue weighted by atomic mass is 16.5. The van der Waals surface area contributed by atoms with Crippen molar-refractivity contribution in [3.05, 3.63) is 11.6 Å². The third-order valence-corrected chi connectivity index (χ3v) is 2.06. The molecule has 0 aliphatic carbocycles. The lowest BCUT2D eigenvalue weighted by atomic mass is 10.3. The van der Waals surface area contributed by atoms with Crippen molar-refractivity contribution in [3.8, 4) is 0 Å². The number of nitrogens with one attached hydrogen (secondary N) is 2. The molecule has 0 saturated heterocycles. The smallest absolute Gasteiger partial charge is 0.291 e. The van der Waals surface area contributed by atoms with Crippen LogP contribution >= 0.6 is 0 Å². The molecule has 96 valence electrons. The molecule has 1 aromatic heterocycles. The van der Waals surface area contributed by atoms with E-state index in [2.05, 4.69) is 20.5 Å². The number of hydrogen-bond donors (Lipinski definition) is 2. The number of aryl methyl sites for hydroxylation is 1. The number of aromatic amines is 1. The topological polar surface area (TPSA) is 79.9 Å². The molecule has 0 spiro atoms. The summed E-state index contributed by atoms with van der Waals surface area (Å²) in [6, 6.07) is 0. The Kier molecular flexibility index (Phi) is 5.62. The van der Waals surface area contributed by atoms with Gasteiger partial charge in [0.1, 0.15) is 5.82 Å². The van der Waals surface area contributed by atoms with E-state index in [1.54, 1.807) is 0 Å². The monoisotopic (exact) mass is 240 g/mol. The van der Waals surface area contributed by atoms with Gasteiger partial charge in [0.05, 0.1) is 12.7 Å². The summed E-state index contributed by atoms with van der Waals surface area (Å²) in [4.78, 5) is 15.7. The Morgan fingerprint density at radius 2 is 2.29 bits per heavy atom. The SMILES string of the molecule is CCCc1nc(C(=O)NCCOC(C)C)n[nH]1. The molecule has 1 aromatic rings. The van der Waals surface area contributed by atoms with Crippen LogP contribution in [0.2, 0.25) is 0 Å². The van der Waals surface area contributed by atoms with Gasteiger partial charge in [-0.25, -0.2) is 4.98 Å². The van der Waals surface area contributed by atoms with Crippen molar-refractivity contribution < 1.29 is 9.53 Å². The molecular formula is C11H20N4O2. The van der Waals surface area contributed by atoms with Crippen molar-refractivity contribution in [3.63, 3.8) is 0 Å². The Bertz CT molecular complexity index is 349. The fraction of sp³-hybridized carbons (Fsp3) is 0.727. The van der Waals surface area contributed by atoms with Gasteiger partial charge in [-0.15, -0.1) is 5.10 Å². The molecule has 1 amide bonds. The summed E-state index contributed by atoms with van der Waals surface area (Å²) in [5, 5.41) is 9.30. The molecule has 1 rings (SSSR count). The number of nitrogens with zero attached hydrogens (tertiary/aromatic N) is 2. The van der Waals surface area contributed by atoms with E-state index < -0.39 is 0 Å². The van der Waals surface area contributed by atoms with Crippen LogP contribution < -0.4 is 5.32 Å². The Hall–Kier alpha value is -1.43. The summed E-state index contributed by atoms with van der Waals surface area (Å²) in [6.07, 6.45) is 1.95. The lowest BCUT2D eigenvalue weighted by Crippen LogP contribution is -2.28. The number of ether oxygens (including phenoxy) is 1. The molecule has 6 nitrogen and oxygen atoms in total. The summed E-state index contributed by atoms with van der Waals surface area (Å²) in [6.45, 7) is 6.91. The lowest BCUT2D eigenvalue weighted by Gasteiger charge is -2.07. The molecule has 0 aliphatic rings. The van der Waals surface area contributed by atoms with Crippen LogP contribution in [0.25, 0.3) is 0 Å². The summed E-state index contributed by atoms with van der Waals surface area (Å²) >= 11 is 0. The molecular weight excluding hydrogens is 220 g/mol. The van der Waals surface area contributed by atoms with Gasteiger partial charge in [-0.3, -0.25) is 9.89 Å². The number of hydrogen-bond acceptors (Lipinski definition) is 4. The van der Waals surface area contributed by atoms with Gasteiger partial charge < -0.3 is 10.1 Å². The molecule has 17 heavy (non-hydrogen) atoms. The van der Waals surface area contributed by atoms with Crippen LogP contribution in [0, 0.1) is 0 Å². The normalized spacial score (nSPS) is 10.8. The molecule has 6 heteroatoms. The highest BCUT2D eigenvalue weighted by Gasteiger charge is 2.11. The predicted molar refractivity (Wildman–Crippen MR) is 63.8 cm³/mol. The number of aromatic nitrogens is 3. The van der Waals surface area contributed by atoms with Crippen LogP contribution in [0.4, 0.5) is 0 Å². The van der Waals surface area contributed by atoms with Gasteiger partial charge >= 0.3 is 0 Å². The first kappa shape index (κ1) is 13.6. The molecule has 0 aromatic carbocycles. The minimum Gasteiger partial charge on any atom is -0.377 e. The molecule has 0 atom stereocenters. The number of amides is 1. The van der Waals surface area contributed by atoms with Gasteiger partial charge in [0, 0.05) is 13.0 Å². The van der Waals surface area contributed by atoms with Crippen LogP contribution in [0.3, 0.4) is 0 Å². The highest BCUT2D eigenvalue weighted by molar-refractivity contribution is 5.90. The minimum atomic E-state index is -0.268. The lowest BCUT2D eigenvalue weighted by molar-refractivity contribution is 0.0743. The molecule has 0 fully saturated rings. The number of H-pyrrole nitrogens is 1. The van der Waals surface area contributed by atoms with Crippen LogP contribution in [0.1, 0.15) is 43.6 Å². The van der Waals surface area contributed by atoms with Crippen LogP contribution in [0.5, 0.6) is 0 Å². The van der Waals surface area contributed by atoms with E-state index in [4.69, 9.17) is 4.74 Å². The first-order chi connectivity index (χ1) is 8.13. The third-order valence-electron chi connectivity index (χ3n) is 2.06. The van der Waals surface area contributed by atoms with Crippen LogP contribution in [-0.2, 0) is 11.2 Å². The molecule has 0 aliphatic heterocycles. The van der Waals surface area contributed by atoms with Crippen molar-refractivity contribution in [2.24, 2.45) is 0 Å². The van der Waals surface area contributed by atoms with Gasteiger partial charge in [-0.1, -0.05) is 6.92 Å². The molecule has 0 radical (unpaired) electrons. The Morgan fingerprint density at radius 1 is 1.53 bits per heavy atom. The van der Waals surface area contributed by atoms with Gasteiger partial charge in [-0.2, -0.15) is 0 Å². The second-order valence-corrected chi connectivity index (χ2v) is 4.03. The van der Waals surface area contributed by atoms with E-state index in [1.165, 1.54) is 0 Å². The maximum atomic E-state index is 11.6. The average Bonchev–Trinajstić information content (AvgIpc) is 2.73. The van der Waals surface area contributed by atoms with Crippen molar-refractivity contribution in [2.45, 2.75) is 39.7 Å². The molecule has 0 unspecified atom stereocenters. The van der Waals surface area contributed by atoms with E-state index in [0.29, 0.717) is 13.2 Å². The highest BCUT2D eigenvalue weighted by Crippen LogP contribution is 1.96. The number of carbonyl (C=O) groups excluding carboxylic acids is 1. The van der Waals surface area contributed by atoms with Gasteiger partial charge in [0.2, 0.25) is 5.82 Å². The Balaban J connectivity index is 2.31. The second kappa shape index (κ2) is 7.01. The number of carbonyl (C=O) groups is 1. The van der Waals surface area contributed by atoms with Crippen molar-refractivity contribution in [2.75, 3.05) is 13.2 Å². The summed E-state index contributed by atoms with van der Waals surface area (Å²) < 4.78 is 5.31. The minimum absolute atomic E-state index is 0.173. The average molecular weight is 240 g/mol. The maximum Gasteiger partial charge on any atom is 0.291 e. The summed E-state index contributed by atoms with van der Waals surface area (Å²) in [5.41, 5.74) is 0. The Morgan fingerprint density at radius 3 is 2.94 bits per heavy atom. The van der Waals surface area contributed by atoms with Crippen LogP contribution in [-0.4, -0.2) is 40.3 Å². The zero-order chi connectivity index (χ0) is 12.7. The predicted octanol–water partition coefficient (Wildman–Crippen LogP) is 0.912. The van der Waals surface area contributed by atoms with Gasteiger partial charge in [0.25, 0.3) is 5.91 Å². The van der Waals surface area contributed by atoms with E-state index in [1.807, 2.05) is 20.8 Å². The first-order valence-corrected chi connectivity index (χ1v) is 5.94. The maximum absolute atomic E-state index is 11.6. The largest absolute Gasteiger partial charge is 0.377 e. The van der Waals surface area contributed by atoms with Crippen molar-refractivity contribution in [1.82, 2.24) is 20.5 Å². The van der Waals surface area contributed by atoms with Gasteiger partial charge in [0.15, 0.2) is 0 Å². The van der Waals surface area contributed by atoms with E-state index in [-0.39, 0.29) is 17.8 Å². The Labute approximate surface area is 101 Å². The molecule has 0 bridgehead atoms. The van der Waals surface area contributed by atoms with Crippen LogP contribution in [0.15, 0.2) is 0 Å².